The zero-order chi connectivity index (χ0) is 17.5. The summed E-state index contributed by atoms with van der Waals surface area (Å²) in [6.07, 6.45) is -0.528. The van der Waals surface area contributed by atoms with Gasteiger partial charge in [0, 0.05) is 24.3 Å². The molecule has 0 atom stereocenters. The zero-order valence-electron chi connectivity index (χ0n) is 13.9. The molecule has 3 amide bonds. The fraction of sp³-hybridized carbons (Fsp3) is 0.438. The van der Waals surface area contributed by atoms with Crippen molar-refractivity contribution in [1.82, 2.24) is 10.6 Å². The molecule has 0 aliphatic carbocycles. The van der Waals surface area contributed by atoms with Crippen molar-refractivity contribution in [3.05, 3.63) is 29.8 Å². The molecule has 0 heterocycles. The summed E-state index contributed by atoms with van der Waals surface area (Å²) in [5.41, 5.74) is 0.603. The topological polar surface area (TPSA) is 96.5 Å². The first-order valence-corrected chi connectivity index (χ1v) is 7.30. The number of urea groups is 1. The Hall–Kier alpha value is -2.57. The third-order valence-electron chi connectivity index (χ3n) is 2.63. The minimum atomic E-state index is -0.555. The first-order valence-electron chi connectivity index (χ1n) is 7.30. The van der Waals surface area contributed by atoms with Crippen LogP contribution in [0.3, 0.4) is 0 Å². The molecule has 0 aliphatic rings. The van der Waals surface area contributed by atoms with Crippen molar-refractivity contribution in [2.75, 3.05) is 18.4 Å². The molecular weight excluding hydrogens is 298 g/mol. The molecule has 1 aromatic rings. The Labute approximate surface area is 135 Å². The number of nitrogens with one attached hydrogen (secondary N) is 3. The minimum Gasteiger partial charge on any atom is -0.444 e. The predicted octanol–water partition coefficient (Wildman–Crippen LogP) is 2.54. The van der Waals surface area contributed by atoms with Gasteiger partial charge in [0.2, 0.25) is 0 Å². The molecule has 3 N–H and O–H groups in total. The van der Waals surface area contributed by atoms with Crippen molar-refractivity contribution >= 4 is 23.6 Å². The van der Waals surface area contributed by atoms with Crippen LogP contribution in [0.15, 0.2) is 24.3 Å². The maximum Gasteiger partial charge on any atom is 0.407 e. The summed E-state index contributed by atoms with van der Waals surface area (Å²) in [6, 6.07) is 6.18. The number of carbonyl (C=O) groups is 3. The summed E-state index contributed by atoms with van der Waals surface area (Å²) < 4.78 is 5.06. The fourth-order valence-electron chi connectivity index (χ4n) is 1.62. The van der Waals surface area contributed by atoms with Crippen molar-refractivity contribution in [2.24, 2.45) is 0 Å². The van der Waals surface area contributed by atoms with Crippen LogP contribution in [0.25, 0.3) is 0 Å². The second kappa shape index (κ2) is 8.17. The van der Waals surface area contributed by atoms with Crippen LogP contribution < -0.4 is 16.0 Å². The third-order valence-corrected chi connectivity index (χ3v) is 2.63. The highest BCUT2D eigenvalue weighted by atomic mass is 16.6. The quantitative estimate of drug-likeness (QED) is 0.573. The smallest absolute Gasteiger partial charge is 0.407 e. The number of benzene rings is 1. The van der Waals surface area contributed by atoms with Crippen LogP contribution in [0.1, 0.15) is 38.1 Å². The van der Waals surface area contributed by atoms with E-state index in [-0.39, 0.29) is 18.9 Å². The number of hydrogen-bond donors (Lipinski definition) is 3. The average Bonchev–Trinajstić information content (AvgIpc) is 2.42. The van der Waals surface area contributed by atoms with Gasteiger partial charge >= 0.3 is 12.1 Å². The molecule has 0 aromatic heterocycles. The normalized spacial score (nSPS) is 10.6. The van der Waals surface area contributed by atoms with E-state index in [1.165, 1.54) is 6.92 Å². The summed E-state index contributed by atoms with van der Waals surface area (Å²) in [5.74, 6) is -0.0331. The van der Waals surface area contributed by atoms with Crippen molar-refractivity contribution in [3.8, 4) is 0 Å². The molecule has 1 rings (SSSR count). The standard InChI is InChI=1S/C16H23N3O4/c1-11(20)12-5-7-13(8-6-12)19-14(21)17-9-10-18-15(22)23-16(2,3)4/h5-8H,9-10H2,1-4H3,(H,18,22)(H2,17,19,21). The highest BCUT2D eigenvalue weighted by molar-refractivity contribution is 5.95. The molecule has 0 fully saturated rings. The molecule has 0 aliphatic heterocycles. The fourth-order valence-corrected chi connectivity index (χ4v) is 1.62. The van der Waals surface area contributed by atoms with Crippen LogP contribution in [0.4, 0.5) is 15.3 Å². The van der Waals surface area contributed by atoms with Crippen LogP contribution in [0, 0.1) is 0 Å². The van der Waals surface area contributed by atoms with E-state index >= 15 is 0 Å². The molecule has 0 radical (unpaired) electrons. The molecule has 7 heteroatoms. The molecular formula is C16H23N3O4. The van der Waals surface area contributed by atoms with Gasteiger partial charge in [0.25, 0.3) is 0 Å². The lowest BCUT2D eigenvalue weighted by Gasteiger charge is -2.19. The van der Waals surface area contributed by atoms with E-state index in [0.29, 0.717) is 11.3 Å². The van der Waals surface area contributed by atoms with Crippen molar-refractivity contribution in [2.45, 2.75) is 33.3 Å². The molecule has 0 unspecified atom stereocenters. The van der Waals surface area contributed by atoms with Crippen molar-refractivity contribution < 1.29 is 19.1 Å². The van der Waals surface area contributed by atoms with Gasteiger partial charge in [0.15, 0.2) is 5.78 Å². The number of rotatable bonds is 5. The summed E-state index contributed by atoms with van der Waals surface area (Å²) in [6.45, 7) is 7.32. The first-order chi connectivity index (χ1) is 10.7. The largest absolute Gasteiger partial charge is 0.444 e. The van der Waals surface area contributed by atoms with E-state index in [1.807, 2.05) is 0 Å². The van der Waals surface area contributed by atoms with E-state index < -0.39 is 17.7 Å². The summed E-state index contributed by atoms with van der Waals surface area (Å²) in [5, 5.41) is 7.77. The number of anilines is 1. The van der Waals surface area contributed by atoms with Crippen molar-refractivity contribution in [3.63, 3.8) is 0 Å². The second-order valence-corrected chi connectivity index (χ2v) is 5.94. The number of carbonyl (C=O) groups excluding carboxylic acids is 3. The van der Waals surface area contributed by atoms with Gasteiger partial charge in [-0.2, -0.15) is 0 Å². The highest BCUT2D eigenvalue weighted by Crippen LogP contribution is 2.09. The van der Waals surface area contributed by atoms with Crippen LogP contribution in [0.5, 0.6) is 0 Å². The van der Waals surface area contributed by atoms with E-state index in [1.54, 1.807) is 45.0 Å². The van der Waals surface area contributed by atoms with Gasteiger partial charge in [0.1, 0.15) is 5.60 Å². The Kier molecular flexibility index (Phi) is 6.56. The van der Waals surface area contributed by atoms with E-state index in [9.17, 15) is 14.4 Å². The second-order valence-electron chi connectivity index (χ2n) is 5.94. The van der Waals surface area contributed by atoms with Gasteiger partial charge in [-0.25, -0.2) is 9.59 Å². The van der Waals surface area contributed by atoms with Gasteiger partial charge in [0.05, 0.1) is 0 Å². The molecule has 0 saturated carbocycles. The molecule has 126 valence electrons. The number of alkyl carbamates (subject to hydrolysis) is 1. The van der Waals surface area contributed by atoms with Crippen LogP contribution in [-0.4, -0.2) is 36.6 Å². The van der Waals surface area contributed by atoms with Gasteiger partial charge < -0.3 is 20.7 Å². The third kappa shape index (κ3) is 7.85. The summed E-state index contributed by atoms with van der Waals surface area (Å²) in [7, 11) is 0. The molecule has 23 heavy (non-hydrogen) atoms. The maximum absolute atomic E-state index is 11.7. The van der Waals surface area contributed by atoms with Crippen LogP contribution in [0.2, 0.25) is 0 Å². The van der Waals surface area contributed by atoms with Crippen molar-refractivity contribution in [1.29, 1.82) is 0 Å². The lowest BCUT2D eigenvalue weighted by atomic mass is 10.1. The summed E-state index contributed by atoms with van der Waals surface area (Å²) in [4.78, 5) is 34.2. The Morgan fingerprint density at radius 3 is 2.09 bits per heavy atom. The molecule has 0 saturated heterocycles. The van der Waals surface area contributed by atoms with Gasteiger partial charge in [-0.15, -0.1) is 0 Å². The molecule has 0 bridgehead atoms. The highest BCUT2D eigenvalue weighted by Gasteiger charge is 2.15. The van der Waals surface area contributed by atoms with E-state index in [0.717, 1.165) is 0 Å². The Morgan fingerprint density at radius 2 is 1.57 bits per heavy atom. The number of hydrogen-bond acceptors (Lipinski definition) is 4. The number of Topliss-reactive ketones (excluding diaryl/α,β-unsaturated/α-hetero) is 1. The molecule has 1 aromatic carbocycles. The van der Waals surface area contributed by atoms with Crippen LogP contribution in [-0.2, 0) is 4.74 Å². The molecule has 0 spiro atoms. The van der Waals surface area contributed by atoms with Gasteiger partial charge in [-0.05, 0) is 52.0 Å². The van der Waals surface area contributed by atoms with Gasteiger partial charge in [-0.1, -0.05) is 0 Å². The monoisotopic (exact) mass is 321 g/mol. The van der Waals surface area contributed by atoms with E-state index in [4.69, 9.17) is 4.74 Å². The first kappa shape index (κ1) is 18.5. The number of ether oxygens (including phenoxy) is 1. The Morgan fingerprint density at radius 1 is 1.00 bits per heavy atom. The zero-order valence-corrected chi connectivity index (χ0v) is 13.9. The Bertz CT molecular complexity index is 562. The van der Waals surface area contributed by atoms with Crippen LogP contribution >= 0.6 is 0 Å². The predicted molar refractivity (Wildman–Crippen MR) is 87.7 cm³/mol. The maximum atomic E-state index is 11.7. The lowest BCUT2D eigenvalue weighted by Crippen LogP contribution is -2.39. The molecule has 7 nitrogen and oxygen atoms in total. The van der Waals surface area contributed by atoms with E-state index in [2.05, 4.69) is 16.0 Å². The van der Waals surface area contributed by atoms with Gasteiger partial charge in [-0.3, -0.25) is 4.79 Å². The average molecular weight is 321 g/mol. The number of amides is 3. The lowest BCUT2D eigenvalue weighted by molar-refractivity contribution is 0.0528. The number of ketones is 1. The minimum absolute atomic E-state index is 0.0331. The SMILES string of the molecule is CC(=O)c1ccc(NC(=O)NCCNC(=O)OC(C)(C)C)cc1. The summed E-state index contributed by atoms with van der Waals surface area (Å²) >= 11 is 0. The Balaban J connectivity index is 2.27.